The fraction of sp³-hybridized carbons (Fsp3) is 0.500. The summed E-state index contributed by atoms with van der Waals surface area (Å²) in [4.78, 5) is 37.6. The van der Waals surface area contributed by atoms with Gasteiger partial charge in [-0.25, -0.2) is 0 Å². The molecule has 0 N–H and O–H groups in total. The molecule has 1 saturated heterocycles. The third-order valence-corrected chi connectivity index (χ3v) is 4.25. The Labute approximate surface area is 136 Å². The second-order valence-corrected chi connectivity index (χ2v) is 5.86. The van der Waals surface area contributed by atoms with E-state index in [4.69, 9.17) is 4.74 Å². The number of benzene rings is 1. The van der Waals surface area contributed by atoms with Crippen LogP contribution in [0.4, 0.5) is 0 Å². The van der Waals surface area contributed by atoms with Gasteiger partial charge in [0.15, 0.2) is 0 Å². The Bertz CT molecular complexity index is 570. The monoisotopic (exact) mass is 317 g/mol. The van der Waals surface area contributed by atoms with Crippen molar-refractivity contribution in [1.29, 1.82) is 0 Å². The molecule has 2 atom stereocenters. The molecule has 0 radical (unpaired) electrons. The van der Waals surface area contributed by atoms with Crippen LogP contribution in [-0.4, -0.2) is 42.3 Å². The summed E-state index contributed by atoms with van der Waals surface area (Å²) in [5, 5.41) is 0. The molecule has 0 bridgehead atoms. The lowest BCUT2D eigenvalue weighted by atomic mass is 9.98. The van der Waals surface area contributed by atoms with Gasteiger partial charge in [-0.05, 0) is 25.8 Å². The van der Waals surface area contributed by atoms with Crippen molar-refractivity contribution in [3.8, 4) is 0 Å². The molecular weight excluding hydrogens is 294 g/mol. The number of amides is 1. The Morgan fingerprint density at radius 1 is 1.26 bits per heavy atom. The minimum Gasteiger partial charge on any atom is -0.465 e. The molecule has 124 valence electrons. The number of ketones is 1. The average molecular weight is 317 g/mol. The molecule has 1 aromatic rings. The fourth-order valence-electron chi connectivity index (χ4n) is 2.92. The summed E-state index contributed by atoms with van der Waals surface area (Å²) in [5.41, 5.74) is 1.22. The van der Waals surface area contributed by atoms with Crippen molar-refractivity contribution in [1.82, 2.24) is 4.90 Å². The third kappa shape index (κ3) is 4.41. The maximum atomic E-state index is 12.4. The van der Waals surface area contributed by atoms with Gasteiger partial charge in [-0.2, -0.15) is 0 Å². The SMILES string of the molecule is CCOC(=O)C(CC(=O)N1CCC(c2ccccc2)C1)C(C)=O. The minimum atomic E-state index is -0.988. The molecule has 5 nitrogen and oxygen atoms in total. The number of esters is 1. The van der Waals surface area contributed by atoms with E-state index in [1.165, 1.54) is 12.5 Å². The normalized spacial score (nSPS) is 18.5. The highest BCUT2D eigenvalue weighted by molar-refractivity contribution is 6.01. The van der Waals surface area contributed by atoms with Gasteiger partial charge in [0.05, 0.1) is 6.61 Å². The highest BCUT2D eigenvalue weighted by Crippen LogP contribution is 2.27. The Morgan fingerprint density at radius 3 is 2.57 bits per heavy atom. The molecule has 23 heavy (non-hydrogen) atoms. The molecule has 1 aliphatic heterocycles. The largest absolute Gasteiger partial charge is 0.465 e. The molecule has 0 saturated carbocycles. The van der Waals surface area contributed by atoms with Gasteiger partial charge in [0.2, 0.25) is 5.91 Å². The predicted molar refractivity (Wildman–Crippen MR) is 85.8 cm³/mol. The van der Waals surface area contributed by atoms with Gasteiger partial charge < -0.3 is 9.64 Å². The summed E-state index contributed by atoms with van der Waals surface area (Å²) in [7, 11) is 0. The summed E-state index contributed by atoms with van der Waals surface area (Å²) < 4.78 is 4.89. The van der Waals surface area contributed by atoms with Crippen LogP contribution in [-0.2, 0) is 19.1 Å². The van der Waals surface area contributed by atoms with Gasteiger partial charge in [0.1, 0.15) is 11.7 Å². The first-order valence-electron chi connectivity index (χ1n) is 8.02. The van der Waals surface area contributed by atoms with Crippen LogP contribution in [0.2, 0.25) is 0 Å². The highest BCUT2D eigenvalue weighted by atomic mass is 16.5. The number of ether oxygens (including phenoxy) is 1. The number of carbonyl (C=O) groups excluding carboxylic acids is 3. The fourth-order valence-corrected chi connectivity index (χ4v) is 2.92. The standard InChI is InChI=1S/C18H23NO4/c1-3-23-18(22)16(13(2)20)11-17(21)19-10-9-15(12-19)14-7-5-4-6-8-14/h4-8,15-16H,3,9-12H2,1-2H3. The Hall–Kier alpha value is -2.17. The van der Waals surface area contributed by atoms with E-state index in [9.17, 15) is 14.4 Å². The van der Waals surface area contributed by atoms with Crippen molar-refractivity contribution < 1.29 is 19.1 Å². The number of Topliss-reactive ketones (excluding diaryl/α,β-unsaturated/α-hetero) is 1. The number of carbonyl (C=O) groups is 3. The van der Waals surface area contributed by atoms with Crippen LogP contribution in [0.15, 0.2) is 30.3 Å². The van der Waals surface area contributed by atoms with Gasteiger partial charge in [-0.3, -0.25) is 14.4 Å². The number of nitrogens with zero attached hydrogens (tertiary/aromatic N) is 1. The average Bonchev–Trinajstić information content (AvgIpc) is 3.03. The lowest BCUT2D eigenvalue weighted by Gasteiger charge is -2.19. The molecular formula is C18H23NO4. The van der Waals surface area contributed by atoms with Crippen LogP contribution >= 0.6 is 0 Å². The molecule has 2 rings (SSSR count). The van der Waals surface area contributed by atoms with Crippen molar-refractivity contribution in [2.75, 3.05) is 19.7 Å². The number of rotatable bonds is 6. The van der Waals surface area contributed by atoms with Gasteiger partial charge >= 0.3 is 5.97 Å². The number of hydrogen-bond donors (Lipinski definition) is 0. The van der Waals surface area contributed by atoms with E-state index in [0.29, 0.717) is 19.0 Å². The van der Waals surface area contributed by atoms with Crippen LogP contribution in [0, 0.1) is 5.92 Å². The zero-order chi connectivity index (χ0) is 16.8. The van der Waals surface area contributed by atoms with Crippen molar-refractivity contribution in [2.24, 2.45) is 5.92 Å². The van der Waals surface area contributed by atoms with Crippen LogP contribution in [0.3, 0.4) is 0 Å². The highest BCUT2D eigenvalue weighted by Gasteiger charge is 2.33. The molecule has 0 spiro atoms. The Morgan fingerprint density at radius 2 is 1.96 bits per heavy atom. The van der Waals surface area contributed by atoms with Gasteiger partial charge in [-0.15, -0.1) is 0 Å². The molecule has 1 heterocycles. The van der Waals surface area contributed by atoms with E-state index in [1.54, 1.807) is 11.8 Å². The molecule has 0 aromatic heterocycles. The maximum Gasteiger partial charge on any atom is 0.316 e. The van der Waals surface area contributed by atoms with E-state index in [2.05, 4.69) is 12.1 Å². The van der Waals surface area contributed by atoms with Gasteiger partial charge in [0.25, 0.3) is 0 Å². The number of likely N-dealkylation sites (tertiary alicyclic amines) is 1. The Balaban J connectivity index is 1.95. The van der Waals surface area contributed by atoms with Gasteiger partial charge in [-0.1, -0.05) is 30.3 Å². The smallest absolute Gasteiger partial charge is 0.316 e. The first-order chi connectivity index (χ1) is 11.0. The van der Waals surface area contributed by atoms with Gasteiger partial charge in [0, 0.05) is 25.4 Å². The van der Waals surface area contributed by atoms with Crippen LogP contribution in [0.1, 0.15) is 38.2 Å². The van der Waals surface area contributed by atoms with E-state index < -0.39 is 11.9 Å². The second kappa shape index (κ2) is 7.90. The zero-order valence-corrected chi connectivity index (χ0v) is 13.7. The lowest BCUT2D eigenvalue weighted by Crippen LogP contribution is -2.34. The molecule has 1 aliphatic rings. The molecule has 1 aromatic carbocycles. The molecule has 1 amide bonds. The molecule has 5 heteroatoms. The van der Waals surface area contributed by atoms with Crippen LogP contribution in [0.25, 0.3) is 0 Å². The topological polar surface area (TPSA) is 63.7 Å². The first-order valence-corrected chi connectivity index (χ1v) is 8.02. The summed E-state index contributed by atoms with van der Waals surface area (Å²) in [5.74, 6) is -1.75. The molecule has 1 fully saturated rings. The maximum absolute atomic E-state index is 12.4. The van der Waals surface area contributed by atoms with Crippen molar-refractivity contribution in [3.05, 3.63) is 35.9 Å². The minimum absolute atomic E-state index is 0.102. The quantitative estimate of drug-likeness (QED) is 0.596. The van der Waals surface area contributed by atoms with Crippen LogP contribution in [0.5, 0.6) is 0 Å². The predicted octanol–water partition coefficient (Wildman–Crippen LogP) is 2.16. The lowest BCUT2D eigenvalue weighted by molar-refractivity contribution is -0.154. The molecule has 2 unspecified atom stereocenters. The van der Waals surface area contributed by atoms with Crippen molar-refractivity contribution in [3.63, 3.8) is 0 Å². The molecule has 0 aliphatic carbocycles. The van der Waals surface area contributed by atoms with E-state index in [1.807, 2.05) is 18.2 Å². The first kappa shape index (κ1) is 17.2. The van der Waals surface area contributed by atoms with Crippen molar-refractivity contribution in [2.45, 2.75) is 32.6 Å². The summed E-state index contributed by atoms with van der Waals surface area (Å²) in [6.45, 7) is 4.51. The summed E-state index contributed by atoms with van der Waals surface area (Å²) in [6, 6.07) is 10.1. The Kier molecular flexibility index (Phi) is 5.90. The van der Waals surface area contributed by atoms with E-state index in [0.717, 1.165) is 6.42 Å². The second-order valence-electron chi connectivity index (χ2n) is 5.86. The summed E-state index contributed by atoms with van der Waals surface area (Å²) in [6.07, 6.45) is 0.801. The van der Waals surface area contributed by atoms with E-state index in [-0.39, 0.29) is 24.7 Å². The van der Waals surface area contributed by atoms with Crippen LogP contribution < -0.4 is 0 Å². The summed E-state index contributed by atoms with van der Waals surface area (Å²) >= 11 is 0. The van der Waals surface area contributed by atoms with Crippen molar-refractivity contribution >= 4 is 17.7 Å². The number of hydrogen-bond acceptors (Lipinski definition) is 4. The zero-order valence-electron chi connectivity index (χ0n) is 13.7. The van der Waals surface area contributed by atoms with E-state index >= 15 is 0 Å². The third-order valence-electron chi connectivity index (χ3n) is 4.25.